The number of hydrogen-bond donors (Lipinski definition) is 2. The van der Waals surface area contributed by atoms with E-state index in [1.54, 1.807) is 11.8 Å². The fourth-order valence-electron chi connectivity index (χ4n) is 0.968. The molecule has 3 N–H and O–H groups in total. The first-order valence-electron chi connectivity index (χ1n) is 3.17. The average Bonchev–Trinajstić information content (AvgIpc) is 2.15. The second-order valence-corrected chi connectivity index (χ2v) is 3.79. The second-order valence-electron chi connectivity index (χ2n) is 2.76. The summed E-state index contributed by atoms with van der Waals surface area (Å²) in [4.78, 5) is 10.6. The highest BCUT2D eigenvalue weighted by Crippen LogP contribution is 2.31. The van der Waals surface area contributed by atoms with Gasteiger partial charge in [0.25, 0.3) is 0 Å². The number of aliphatic carboxylic acids is 1. The van der Waals surface area contributed by atoms with Crippen LogP contribution in [-0.2, 0) is 4.79 Å². The molecule has 4 heteroatoms. The minimum Gasteiger partial charge on any atom is -0.480 e. The fraction of sp³-hybridized carbons (Fsp3) is 0.833. The van der Waals surface area contributed by atoms with Gasteiger partial charge in [0.15, 0.2) is 0 Å². The van der Waals surface area contributed by atoms with E-state index in [9.17, 15) is 4.79 Å². The van der Waals surface area contributed by atoms with Crippen molar-refractivity contribution in [3.05, 3.63) is 0 Å². The lowest BCUT2D eigenvalue weighted by atomic mass is 9.90. The third-order valence-corrected chi connectivity index (χ3v) is 3.40. The summed E-state index contributed by atoms with van der Waals surface area (Å²) >= 11 is 1.61. The van der Waals surface area contributed by atoms with Crippen molar-refractivity contribution in [2.75, 3.05) is 11.5 Å². The van der Waals surface area contributed by atoms with Crippen LogP contribution in [0.25, 0.3) is 0 Å². The first kappa shape index (κ1) is 7.88. The number of thioether (sulfide) groups is 1. The highest BCUT2D eigenvalue weighted by atomic mass is 32.2. The molecule has 1 aliphatic rings. The van der Waals surface area contributed by atoms with Gasteiger partial charge in [0.1, 0.15) is 5.54 Å². The van der Waals surface area contributed by atoms with Crippen molar-refractivity contribution in [3.63, 3.8) is 0 Å². The van der Waals surface area contributed by atoms with Crippen LogP contribution < -0.4 is 5.73 Å². The molecular formula is C6H11NO2S. The third kappa shape index (κ3) is 1.01. The number of hydrogen-bond acceptors (Lipinski definition) is 3. The molecule has 2 unspecified atom stereocenters. The summed E-state index contributed by atoms with van der Waals surface area (Å²) < 4.78 is 0. The van der Waals surface area contributed by atoms with Crippen molar-refractivity contribution in [2.45, 2.75) is 12.5 Å². The molecule has 1 saturated heterocycles. The molecule has 10 heavy (non-hydrogen) atoms. The molecule has 1 fully saturated rings. The minimum atomic E-state index is -0.968. The standard InChI is InChI=1S/C6H11NO2S/c1-4-2-10-3-6(4,7)5(8)9/h4H,2-3,7H2,1H3,(H,8,9). The number of carboxylic acids is 1. The maximum Gasteiger partial charge on any atom is 0.324 e. The Hall–Kier alpha value is -0.220. The van der Waals surface area contributed by atoms with Gasteiger partial charge in [0, 0.05) is 5.75 Å². The molecule has 0 aromatic rings. The summed E-state index contributed by atoms with van der Waals surface area (Å²) in [6.07, 6.45) is 0. The van der Waals surface area contributed by atoms with E-state index in [4.69, 9.17) is 10.8 Å². The van der Waals surface area contributed by atoms with Gasteiger partial charge in [-0.1, -0.05) is 6.92 Å². The van der Waals surface area contributed by atoms with Gasteiger partial charge in [-0.05, 0) is 11.7 Å². The van der Waals surface area contributed by atoms with Crippen molar-refractivity contribution in [3.8, 4) is 0 Å². The van der Waals surface area contributed by atoms with E-state index in [1.807, 2.05) is 6.92 Å². The van der Waals surface area contributed by atoms with E-state index in [0.717, 1.165) is 5.75 Å². The number of carboxylic acid groups (broad SMARTS) is 1. The van der Waals surface area contributed by atoms with E-state index >= 15 is 0 Å². The van der Waals surface area contributed by atoms with E-state index in [0.29, 0.717) is 5.75 Å². The van der Waals surface area contributed by atoms with E-state index in [2.05, 4.69) is 0 Å². The predicted octanol–water partition coefficient (Wildman–Crippen LogP) is 0.151. The highest BCUT2D eigenvalue weighted by molar-refractivity contribution is 7.99. The summed E-state index contributed by atoms with van der Waals surface area (Å²) in [5.41, 5.74) is 4.66. The molecule has 1 heterocycles. The Morgan fingerprint density at radius 2 is 2.50 bits per heavy atom. The molecule has 0 aromatic carbocycles. The Morgan fingerprint density at radius 1 is 1.90 bits per heavy atom. The monoisotopic (exact) mass is 161 g/mol. The Labute approximate surface area is 64.0 Å². The molecule has 0 spiro atoms. The molecule has 0 bridgehead atoms. The molecule has 1 aliphatic heterocycles. The molecule has 3 nitrogen and oxygen atoms in total. The second kappa shape index (κ2) is 2.43. The zero-order valence-electron chi connectivity index (χ0n) is 5.83. The van der Waals surface area contributed by atoms with Crippen LogP contribution in [-0.4, -0.2) is 28.1 Å². The number of nitrogens with two attached hydrogens (primary N) is 1. The summed E-state index contributed by atoms with van der Waals surface area (Å²) in [6, 6.07) is 0. The zero-order chi connectivity index (χ0) is 7.78. The summed E-state index contributed by atoms with van der Waals surface area (Å²) in [5.74, 6) is 0.631. The summed E-state index contributed by atoms with van der Waals surface area (Å²) in [5, 5.41) is 8.70. The maximum absolute atomic E-state index is 10.6. The van der Waals surface area contributed by atoms with Gasteiger partial charge >= 0.3 is 5.97 Å². The lowest BCUT2D eigenvalue weighted by Gasteiger charge is -2.21. The topological polar surface area (TPSA) is 63.3 Å². The van der Waals surface area contributed by atoms with Crippen molar-refractivity contribution < 1.29 is 9.90 Å². The van der Waals surface area contributed by atoms with E-state index in [-0.39, 0.29) is 5.92 Å². The van der Waals surface area contributed by atoms with Crippen LogP contribution in [0.2, 0.25) is 0 Å². The van der Waals surface area contributed by atoms with Crippen LogP contribution in [0.1, 0.15) is 6.92 Å². The van der Waals surface area contributed by atoms with Gasteiger partial charge in [0.05, 0.1) is 0 Å². The van der Waals surface area contributed by atoms with Gasteiger partial charge in [0.2, 0.25) is 0 Å². The van der Waals surface area contributed by atoms with Crippen molar-refractivity contribution in [1.29, 1.82) is 0 Å². The van der Waals surface area contributed by atoms with Crippen molar-refractivity contribution in [2.24, 2.45) is 11.7 Å². The Bertz CT molecular complexity index is 162. The fourth-order valence-corrected chi connectivity index (χ4v) is 2.48. The van der Waals surface area contributed by atoms with Gasteiger partial charge in [-0.3, -0.25) is 4.79 Å². The van der Waals surface area contributed by atoms with Gasteiger partial charge in [-0.15, -0.1) is 0 Å². The first-order valence-corrected chi connectivity index (χ1v) is 4.33. The minimum absolute atomic E-state index is 0.0926. The lowest BCUT2D eigenvalue weighted by Crippen LogP contribution is -2.52. The number of carbonyl (C=O) groups is 1. The molecule has 0 aromatic heterocycles. The molecule has 2 atom stereocenters. The molecule has 1 rings (SSSR count). The first-order chi connectivity index (χ1) is 4.57. The number of rotatable bonds is 1. The quantitative estimate of drug-likeness (QED) is 0.574. The Kier molecular flexibility index (Phi) is 1.92. The third-order valence-electron chi connectivity index (χ3n) is 1.99. The molecule has 0 amide bonds. The normalized spacial score (nSPS) is 40.0. The molecule has 0 aliphatic carbocycles. The largest absolute Gasteiger partial charge is 0.480 e. The van der Waals surface area contributed by atoms with Crippen molar-refractivity contribution in [1.82, 2.24) is 0 Å². The summed E-state index contributed by atoms with van der Waals surface area (Å²) in [6.45, 7) is 1.88. The Morgan fingerprint density at radius 3 is 2.70 bits per heavy atom. The molecule has 0 radical (unpaired) electrons. The Balaban J connectivity index is 2.75. The van der Waals surface area contributed by atoms with Crippen LogP contribution in [0.5, 0.6) is 0 Å². The van der Waals surface area contributed by atoms with Gasteiger partial charge in [-0.25, -0.2) is 0 Å². The predicted molar refractivity (Wildman–Crippen MR) is 41.0 cm³/mol. The van der Waals surface area contributed by atoms with Crippen LogP contribution in [0.4, 0.5) is 0 Å². The van der Waals surface area contributed by atoms with E-state index in [1.165, 1.54) is 0 Å². The molecule has 58 valence electrons. The van der Waals surface area contributed by atoms with Crippen LogP contribution >= 0.6 is 11.8 Å². The lowest BCUT2D eigenvalue weighted by molar-refractivity contribution is -0.143. The zero-order valence-corrected chi connectivity index (χ0v) is 6.65. The van der Waals surface area contributed by atoms with Crippen molar-refractivity contribution >= 4 is 17.7 Å². The summed E-state index contributed by atoms with van der Waals surface area (Å²) in [7, 11) is 0. The van der Waals surface area contributed by atoms with E-state index < -0.39 is 11.5 Å². The van der Waals surface area contributed by atoms with Crippen LogP contribution in [0.15, 0.2) is 0 Å². The van der Waals surface area contributed by atoms with Crippen LogP contribution in [0, 0.1) is 5.92 Å². The smallest absolute Gasteiger partial charge is 0.324 e. The SMILES string of the molecule is CC1CSCC1(N)C(=O)O. The maximum atomic E-state index is 10.6. The van der Waals surface area contributed by atoms with Crippen LogP contribution in [0.3, 0.4) is 0 Å². The van der Waals surface area contributed by atoms with Gasteiger partial charge in [-0.2, -0.15) is 11.8 Å². The molecule has 0 saturated carbocycles. The molecular weight excluding hydrogens is 150 g/mol. The van der Waals surface area contributed by atoms with Gasteiger partial charge < -0.3 is 10.8 Å². The average molecular weight is 161 g/mol. The highest BCUT2D eigenvalue weighted by Gasteiger charge is 2.43.